The Morgan fingerprint density at radius 3 is 2.94 bits per heavy atom. The van der Waals surface area contributed by atoms with Crippen molar-refractivity contribution in [2.24, 2.45) is 7.05 Å². The van der Waals surface area contributed by atoms with Crippen LogP contribution in [0.4, 0.5) is 5.69 Å². The van der Waals surface area contributed by atoms with Crippen LogP contribution >= 0.6 is 23.4 Å². The van der Waals surface area contributed by atoms with E-state index in [-0.39, 0.29) is 0 Å². The first-order valence-electron chi connectivity index (χ1n) is 4.80. The van der Waals surface area contributed by atoms with Gasteiger partial charge in [-0.25, -0.2) is 0 Å². The number of aryl methyl sites for hydroxylation is 1. The largest absolute Gasteiger partial charge is 0.399 e. The molecule has 84 valence electrons. The van der Waals surface area contributed by atoms with Gasteiger partial charge in [-0.15, -0.1) is 11.8 Å². The van der Waals surface area contributed by atoms with E-state index in [2.05, 4.69) is 5.10 Å². The summed E-state index contributed by atoms with van der Waals surface area (Å²) in [5, 5.41) is 4.83. The smallest absolute Gasteiger partial charge is 0.0625 e. The lowest BCUT2D eigenvalue weighted by molar-refractivity contribution is 0.766. The van der Waals surface area contributed by atoms with Gasteiger partial charge in [0.25, 0.3) is 0 Å². The summed E-state index contributed by atoms with van der Waals surface area (Å²) in [7, 11) is 1.90. The van der Waals surface area contributed by atoms with Crippen molar-refractivity contribution in [3.8, 4) is 0 Å². The number of nitrogens with two attached hydrogens (primary N) is 1. The molecule has 0 atom stereocenters. The molecule has 0 amide bonds. The number of aromatic nitrogens is 2. The minimum atomic E-state index is 0.695. The summed E-state index contributed by atoms with van der Waals surface area (Å²) < 4.78 is 1.78. The monoisotopic (exact) mass is 253 g/mol. The Morgan fingerprint density at radius 2 is 2.31 bits per heavy atom. The van der Waals surface area contributed by atoms with Crippen molar-refractivity contribution < 1.29 is 0 Å². The summed E-state index contributed by atoms with van der Waals surface area (Å²) >= 11 is 7.79. The van der Waals surface area contributed by atoms with Gasteiger partial charge in [-0.3, -0.25) is 4.68 Å². The summed E-state index contributed by atoms with van der Waals surface area (Å²) in [6.07, 6.45) is 3.83. The summed E-state index contributed by atoms with van der Waals surface area (Å²) in [6.45, 7) is 0. The number of anilines is 1. The van der Waals surface area contributed by atoms with Crippen molar-refractivity contribution in [1.82, 2.24) is 9.78 Å². The number of halogens is 1. The lowest BCUT2D eigenvalue weighted by Crippen LogP contribution is -1.87. The Balaban J connectivity index is 2.04. The topological polar surface area (TPSA) is 43.8 Å². The minimum absolute atomic E-state index is 0.695. The molecule has 0 radical (unpaired) electrons. The lowest BCUT2D eigenvalue weighted by Gasteiger charge is -2.03. The molecule has 0 saturated carbocycles. The third kappa shape index (κ3) is 2.71. The zero-order valence-corrected chi connectivity index (χ0v) is 10.4. The number of nitrogens with zero attached hydrogens (tertiary/aromatic N) is 2. The molecule has 2 aromatic rings. The number of benzene rings is 1. The van der Waals surface area contributed by atoms with E-state index in [1.165, 1.54) is 0 Å². The molecule has 16 heavy (non-hydrogen) atoms. The summed E-state index contributed by atoms with van der Waals surface area (Å²) in [5.74, 6) is 0.824. The van der Waals surface area contributed by atoms with Gasteiger partial charge >= 0.3 is 0 Å². The summed E-state index contributed by atoms with van der Waals surface area (Å²) in [5.41, 5.74) is 7.42. The van der Waals surface area contributed by atoms with Gasteiger partial charge in [-0.1, -0.05) is 17.7 Å². The minimum Gasteiger partial charge on any atom is -0.399 e. The molecule has 0 aliphatic carbocycles. The molecular weight excluding hydrogens is 242 g/mol. The van der Waals surface area contributed by atoms with E-state index in [0.717, 1.165) is 21.2 Å². The molecule has 0 aliphatic heterocycles. The Morgan fingerprint density at radius 1 is 1.50 bits per heavy atom. The predicted octanol–water partition coefficient (Wildman–Crippen LogP) is 2.95. The van der Waals surface area contributed by atoms with Gasteiger partial charge in [0, 0.05) is 34.6 Å². The van der Waals surface area contributed by atoms with E-state index in [1.54, 1.807) is 22.5 Å². The van der Waals surface area contributed by atoms with Crippen molar-refractivity contribution >= 4 is 29.1 Å². The maximum atomic E-state index is 6.09. The van der Waals surface area contributed by atoms with E-state index in [1.807, 2.05) is 31.6 Å². The SMILES string of the molecule is Cn1cc(SCc2ccc(N)cc2Cl)cn1. The van der Waals surface area contributed by atoms with E-state index in [4.69, 9.17) is 17.3 Å². The fraction of sp³-hybridized carbons (Fsp3) is 0.182. The van der Waals surface area contributed by atoms with Gasteiger partial charge < -0.3 is 5.73 Å². The maximum absolute atomic E-state index is 6.09. The Hall–Kier alpha value is -1.13. The number of hydrogen-bond acceptors (Lipinski definition) is 3. The molecule has 2 rings (SSSR count). The Kier molecular flexibility index (Phi) is 3.41. The summed E-state index contributed by atoms with van der Waals surface area (Å²) in [4.78, 5) is 1.13. The third-order valence-electron chi connectivity index (χ3n) is 2.15. The zero-order chi connectivity index (χ0) is 11.5. The molecule has 2 N–H and O–H groups in total. The second kappa shape index (κ2) is 4.80. The standard InChI is InChI=1S/C11H12ClN3S/c1-15-6-10(5-14-15)16-7-8-2-3-9(13)4-11(8)12/h2-6H,7,13H2,1H3. The molecular formula is C11H12ClN3S. The van der Waals surface area contributed by atoms with Crippen LogP contribution in [0.25, 0.3) is 0 Å². The quantitative estimate of drug-likeness (QED) is 0.676. The number of hydrogen-bond donors (Lipinski definition) is 1. The fourth-order valence-corrected chi connectivity index (χ4v) is 2.57. The fourth-order valence-electron chi connectivity index (χ4n) is 1.32. The van der Waals surface area contributed by atoms with Gasteiger partial charge in [-0.05, 0) is 17.7 Å². The highest BCUT2D eigenvalue weighted by Gasteiger charge is 2.03. The Labute approximate surface area is 104 Å². The summed E-state index contributed by atoms with van der Waals surface area (Å²) in [6, 6.07) is 5.60. The first-order chi connectivity index (χ1) is 7.65. The predicted molar refractivity (Wildman–Crippen MR) is 68.6 cm³/mol. The van der Waals surface area contributed by atoms with E-state index in [0.29, 0.717) is 5.69 Å². The van der Waals surface area contributed by atoms with E-state index >= 15 is 0 Å². The second-order valence-electron chi connectivity index (χ2n) is 3.49. The van der Waals surface area contributed by atoms with E-state index < -0.39 is 0 Å². The van der Waals surface area contributed by atoms with Crippen LogP contribution < -0.4 is 5.73 Å². The van der Waals surface area contributed by atoms with Crippen molar-refractivity contribution in [2.75, 3.05) is 5.73 Å². The molecule has 0 unspecified atom stereocenters. The van der Waals surface area contributed by atoms with Crippen molar-refractivity contribution in [1.29, 1.82) is 0 Å². The molecule has 0 aliphatic rings. The van der Waals surface area contributed by atoms with Gasteiger partial charge in [0.15, 0.2) is 0 Å². The van der Waals surface area contributed by atoms with Gasteiger partial charge in [0.1, 0.15) is 0 Å². The van der Waals surface area contributed by atoms with Gasteiger partial charge in [0.05, 0.1) is 6.20 Å². The van der Waals surface area contributed by atoms with E-state index in [9.17, 15) is 0 Å². The van der Waals surface area contributed by atoms with Crippen molar-refractivity contribution in [2.45, 2.75) is 10.6 Å². The van der Waals surface area contributed by atoms with Crippen molar-refractivity contribution in [3.05, 3.63) is 41.2 Å². The molecule has 1 heterocycles. The van der Waals surface area contributed by atoms with Crippen LogP contribution in [0.15, 0.2) is 35.5 Å². The lowest BCUT2D eigenvalue weighted by atomic mass is 10.2. The van der Waals surface area contributed by atoms with Crippen LogP contribution in [0.2, 0.25) is 5.02 Å². The third-order valence-corrected chi connectivity index (χ3v) is 3.50. The second-order valence-corrected chi connectivity index (χ2v) is 4.95. The molecule has 0 fully saturated rings. The molecule has 0 saturated heterocycles. The zero-order valence-electron chi connectivity index (χ0n) is 8.85. The van der Waals surface area contributed by atoms with Crippen LogP contribution in [-0.4, -0.2) is 9.78 Å². The van der Waals surface area contributed by atoms with Crippen LogP contribution in [0.3, 0.4) is 0 Å². The molecule has 1 aromatic heterocycles. The number of nitrogen functional groups attached to an aromatic ring is 1. The molecule has 1 aromatic carbocycles. The van der Waals surface area contributed by atoms with Crippen LogP contribution in [0.5, 0.6) is 0 Å². The highest BCUT2D eigenvalue weighted by Crippen LogP contribution is 2.27. The normalized spacial score (nSPS) is 10.6. The van der Waals surface area contributed by atoms with Crippen LogP contribution in [0, 0.1) is 0 Å². The van der Waals surface area contributed by atoms with Crippen molar-refractivity contribution in [3.63, 3.8) is 0 Å². The number of rotatable bonds is 3. The molecule has 3 nitrogen and oxygen atoms in total. The highest BCUT2D eigenvalue weighted by molar-refractivity contribution is 7.98. The Bertz CT molecular complexity index is 496. The highest BCUT2D eigenvalue weighted by atomic mass is 35.5. The average molecular weight is 254 g/mol. The first-order valence-corrected chi connectivity index (χ1v) is 6.17. The van der Waals surface area contributed by atoms with Crippen LogP contribution in [0.1, 0.15) is 5.56 Å². The van der Waals surface area contributed by atoms with Crippen LogP contribution in [-0.2, 0) is 12.8 Å². The van der Waals surface area contributed by atoms with Gasteiger partial charge in [0.2, 0.25) is 0 Å². The molecule has 0 spiro atoms. The first kappa shape index (κ1) is 11.4. The average Bonchev–Trinajstić information content (AvgIpc) is 2.63. The molecule has 5 heteroatoms. The van der Waals surface area contributed by atoms with Gasteiger partial charge in [-0.2, -0.15) is 5.10 Å². The number of thioether (sulfide) groups is 1. The molecule has 0 bridgehead atoms. The maximum Gasteiger partial charge on any atom is 0.0625 e.